The van der Waals surface area contributed by atoms with Crippen LogP contribution < -0.4 is 61.2 Å². The molecule has 0 bridgehead atoms. The van der Waals surface area contributed by atoms with E-state index in [2.05, 4.69) is 9.15 Å². The molecule has 0 saturated heterocycles. The van der Waals surface area contributed by atoms with Crippen molar-refractivity contribution in [3.05, 3.63) is 18.4 Å². The molecule has 48 valence electrons. The van der Waals surface area contributed by atoms with Gasteiger partial charge in [-0.2, -0.15) is 0 Å². The molecule has 0 aliphatic carbocycles. The van der Waals surface area contributed by atoms with Crippen molar-refractivity contribution < 1.29 is 70.4 Å². The zero-order valence-electron chi connectivity index (χ0n) is 5.37. The van der Waals surface area contributed by atoms with Crippen molar-refractivity contribution >= 4 is 6.16 Å². The summed E-state index contributed by atoms with van der Waals surface area (Å²) < 4.78 is 8.49. The molecule has 4 nitrogen and oxygen atoms in total. The molecule has 0 amide bonds. The van der Waals surface area contributed by atoms with Crippen LogP contribution in [0.4, 0.5) is 4.79 Å². The maximum atomic E-state index is 9.67. The quantitative estimate of drug-likeness (QED) is 0.329. The van der Waals surface area contributed by atoms with Gasteiger partial charge in [0.2, 0.25) is 5.95 Å². The van der Waals surface area contributed by atoms with Gasteiger partial charge < -0.3 is 19.1 Å². The molecular formula is C5H3KO4. The van der Waals surface area contributed by atoms with Gasteiger partial charge in [0.25, 0.3) is 6.16 Å². The summed E-state index contributed by atoms with van der Waals surface area (Å²) in [6.45, 7) is 0. The molecule has 0 fully saturated rings. The third-order valence-corrected chi connectivity index (χ3v) is 0.679. The number of rotatable bonds is 1. The Morgan fingerprint density at radius 3 is 2.80 bits per heavy atom. The van der Waals surface area contributed by atoms with Gasteiger partial charge in [0.15, 0.2) is 0 Å². The largest absolute Gasteiger partial charge is 1.00 e. The van der Waals surface area contributed by atoms with Gasteiger partial charge in [0.1, 0.15) is 0 Å². The van der Waals surface area contributed by atoms with Gasteiger partial charge in [0.05, 0.1) is 6.26 Å². The Balaban J connectivity index is 0.000000810. The minimum atomic E-state index is -1.62. The van der Waals surface area contributed by atoms with Gasteiger partial charge in [-0.25, -0.2) is 0 Å². The Morgan fingerprint density at radius 1 is 1.70 bits per heavy atom. The molecular weight excluding hydrogens is 163 g/mol. The standard InChI is InChI=1S/C5H4O4.K/c6-5(7)9-4-2-1-3-8-4;/h1-3H,(H,6,7);/q;+1/p-1. The van der Waals surface area contributed by atoms with E-state index in [-0.39, 0.29) is 57.3 Å². The number of furan rings is 1. The van der Waals surface area contributed by atoms with E-state index in [1.54, 1.807) is 0 Å². The van der Waals surface area contributed by atoms with Crippen molar-refractivity contribution in [2.24, 2.45) is 0 Å². The molecule has 1 heterocycles. The van der Waals surface area contributed by atoms with Gasteiger partial charge in [-0.3, -0.25) is 0 Å². The average molecular weight is 166 g/mol. The van der Waals surface area contributed by atoms with Crippen LogP contribution in [0.5, 0.6) is 5.95 Å². The van der Waals surface area contributed by atoms with E-state index in [0.717, 1.165) is 0 Å². The summed E-state index contributed by atoms with van der Waals surface area (Å²) in [4.78, 5) is 9.67. The van der Waals surface area contributed by atoms with Crippen molar-refractivity contribution in [1.82, 2.24) is 0 Å². The zero-order chi connectivity index (χ0) is 6.69. The second-order valence-electron chi connectivity index (χ2n) is 1.28. The summed E-state index contributed by atoms with van der Waals surface area (Å²) in [5.41, 5.74) is 0. The van der Waals surface area contributed by atoms with Gasteiger partial charge in [0, 0.05) is 6.07 Å². The molecule has 5 heteroatoms. The van der Waals surface area contributed by atoms with Crippen LogP contribution in [0.1, 0.15) is 0 Å². The third-order valence-electron chi connectivity index (χ3n) is 0.679. The maximum absolute atomic E-state index is 9.67. The van der Waals surface area contributed by atoms with Crippen LogP contribution in [-0.4, -0.2) is 6.16 Å². The van der Waals surface area contributed by atoms with E-state index in [1.807, 2.05) is 0 Å². The van der Waals surface area contributed by atoms with Gasteiger partial charge in [-0.1, -0.05) is 0 Å². The normalized spacial score (nSPS) is 8.00. The molecule has 10 heavy (non-hydrogen) atoms. The first-order chi connectivity index (χ1) is 4.29. The number of carboxylic acid groups (broad SMARTS) is 1. The fourth-order valence-corrected chi connectivity index (χ4v) is 0.404. The fraction of sp³-hybridized carbons (Fsp3) is 0. The first-order valence-corrected chi connectivity index (χ1v) is 2.21. The maximum Gasteiger partial charge on any atom is 1.00 e. The smallest absolute Gasteiger partial charge is 0.484 e. The number of hydrogen-bond donors (Lipinski definition) is 0. The average Bonchev–Trinajstić information content (AvgIpc) is 2.15. The monoisotopic (exact) mass is 166 g/mol. The van der Waals surface area contributed by atoms with Crippen LogP contribution >= 0.6 is 0 Å². The summed E-state index contributed by atoms with van der Waals surface area (Å²) in [5.74, 6) is -0.0741. The summed E-state index contributed by atoms with van der Waals surface area (Å²) in [6, 6.07) is 2.88. The summed E-state index contributed by atoms with van der Waals surface area (Å²) >= 11 is 0. The fourth-order valence-electron chi connectivity index (χ4n) is 0.404. The molecule has 1 aromatic rings. The Hall–Kier alpha value is 0.186. The van der Waals surface area contributed by atoms with E-state index < -0.39 is 6.16 Å². The van der Waals surface area contributed by atoms with Crippen molar-refractivity contribution in [2.75, 3.05) is 0 Å². The molecule has 0 N–H and O–H groups in total. The molecule has 0 aliphatic heterocycles. The van der Waals surface area contributed by atoms with E-state index in [1.165, 1.54) is 18.4 Å². The molecule has 0 spiro atoms. The topological polar surface area (TPSA) is 62.5 Å². The zero-order valence-corrected chi connectivity index (χ0v) is 8.49. The first kappa shape index (κ1) is 10.2. The molecule has 0 unspecified atom stereocenters. The van der Waals surface area contributed by atoms with Crippen molar-refractivity contribution in [2.45, 2.75) is 0 Å². The van der Waals surface area contributed by atoms with Crippen LogP contribution in [0.15, 0.2) is 22.8 Å². The Bertz CT molecular complexity index is 193. The minimum Gasteiger partial charge on any atom is -0.484 e. The first-order valence-electron chi connectivity index (χ1n) is 2.21. The van der Waals surface area contributed by atoms with Crippen molar-refractivity contribution in [3.8, 4) is 5.95 Å². The minimum absolute atomic E-state index is 0. The number of carbonyl (C=O) groups excluding carboxylic acids is 1. The van der Waals surface area contributed by atoms with Crippen LogP contribution in [0.25, 0.3) is 0 Å². The van der Waals surface area contributed by atoms with Crippen molar-refractivity contribution in [1.29, 1.82) is 0 Å². The van der Waals surface area contributed by atoms with Crippen LogP contribution in [0, 0.1) is 0 Å². The van der Waals surface area contributed by atoms with Crippen molar-refractivity contribution in [3.63, 3.8) is 0 Å². The predicted molar refractivity (Wildman–Crippen MR) is 24.7 cm³/mol. The number of hydrogen-bond acceptors (Lipinski definition) is 4. The summed E-state index contributed by atoms with van der Waals surface area (Å²) in [6.07, 6.45) is -0.317. The van der Waals surface area contributed by atoms with E-state index in [0.29, 0.717) is 0 Å². The Morgan fingerprint density at radius 2 is 2.40 bits per heavy atom. The Kier molecular flexibility index (Phi) is 5.01. The second kappa shape index (κ2) is 4.92. The van der Waals surface area contributed by atoms with Crippen LogP contribution in [0.3, 0.4) is 0 Å². The second-order valence-corrected chi connectivity index (χ2v) is 1.28. The molecule has 0 atom stereocenters. The van der Waals surface area contributed by atoms with Crippen LogP contribution in [-0.2, 0) is 0 Å². The molecule has 0 aromatic carbocycles. The van der Waals surface area contributed by atoms with Gasteiger partial charge in [-0.05, 0) is 6.07 Å². The van der Waals surface area contributed by atoms with Gasteiger partial charge in [-0.15, -0.1) is 0 Å². The summed E-state index contributed by atoms with van der Waals surface area (Å²) in [5, 5.41) is 9.67. The molecule has 0 radical (unpaired) electrons. The predicted octanol–water partition coefficient (Wildman–Crippen LogP) is -2.99. The molecule has 1 rings (SSSR count). The third kappa shape index (κ3) is 3.38. The van der Waals surface area contributed by atoms with Crippen LogP contribution in [0.2, 0.25) is 0 Å². The Labute approximate surface area is 99.6 Å². The van der Waals surface area contributed by atoms with E-state index in [4.69, 9.17) is 0 Å². The van der Waals surface area contributed by atoms with E-state index >= 15 is 0 Å². The number of carbonyl (C=O) groups is 1. The molecule has 1 aromatic heterocycles. The molecule has 0 saturated carbocycles. The van der Waals surface area contributed by atoms with E-state index in [9.17, 15) is 9.90 Å². The number of ether oxygens (including phenoxy) is 1. The summed E-state index contributed by atoms with van der Waals surface area (Å²) in [7, 11) is 0. The molecule has 0 aliphatic rings. The SMILES string of the molecule is O=C([O-])Oc1ccco1.[K+]. The van der Waals surface area contributed by atoms with Gasteiger partial charge >= 0.3 is 51.4 Å².